The number of anilines is 3. The third-order valence-corrected chi connectivity index (χ3v) is 5.56. The first-order chi connectivity index (χ1) is 17.0. The molecule has 0 radical (unpaired) electrons. The van der Waals surface area contributed by atoms with Crippen molar-refractivity contribution in [2.45, 2.75) is 13.5 Å². The lowest BCUT2D eigenvalue weighted by Crippen LogP contribution is -2.28. The van der Waals surface area contributed by atoms with Crippen LogP contribution in [0.1, 0.15) is 22.8 Å². The third kappa shape index (κ3) is 5.39. The van der Waals surface area contributed by atoms with E-state index >= 15 is 0 Å². The van der Waals surface area contributed by atoms with E-state index in [1.54, 1.807) is 25.4 Å². The van der Waals surface area contributed by atoms with Crippen LogP contribution in [0.2, 0.25) is 0 Å². The van der Waals surface area contributed by atoms with Gasteiger partial charge in [0.05, 0.1) is 6.61 Å². The number of nitrogens with one attached hydrogen (secondary N) is 4. The summed E-state index contributed by atoms with van der Waals surface area (Å²) in [6, 6.07) is 20.4. The first-order valence-electron chi connectivity index (χ1n) is 11.3. The van der Waals surface area contributed by atoms with Crippen LogP contribution in [0.5, 0.6) is 0 Å². The summed E-state index contributed by atoms with van der Waals surface area (Å²) < 4.78 is 0. The van der Waals surface area contributed by atoms with Crippen LogP contribution in [-0.4, -0.2) is 35.6 Å². The SMILES string of the molecule is CCNC(=O)Nc1cc2c(-c3ccc(CO)cc3)ccc(Nc3cccc(C(=O)NC)c3)c2cn1. The number of aromatic nitrogens is 1. The van der Waals surface area contributed by atoms with Gasteiger partial charge in [-0.2, -0.15) is 0 Å². The number of carbonyl (C=O) groups is 2. The van der Waals surface area contributed by atoms with Gasteiger partial charge in [-0.3, -0.25) is 10.1 Å². The van der Waals surface area contributed by atoms with Crippen LogP contribution in [-0.2, 0) is 6.61 Å². The molecule has 0 spiro atoms. The van der Waals surface area contributed by atoms with Gasteiger partial charge in [0, 0.05) is 42.1 Å². The molecule has 0 atom stereocenters. The van der Waals surface area contributed by atoms with Crippen molar-refractivity contribution in [2.24, 2.45) is 0 Å². The maximum absolute atomic E-state index is 12.1. The number of urea groups is 1. The summed E-state index contributed by atoms with van der Waals surface area (Å²) in [5, 5.41) is 22.6. The largest absolute Gasteiger partial charge is 0.392 e. The molecule has 0 fully saturated rings. The second kappa shape index (κ2) is 10.7. The summed E-state index contributed by atoms with van der Waals surface area (Å²) in [4.78, 5) is 28.6. The lowest BCUT2D eigenvalue weighted by molar-refractivity contribution is 0.0963. The molecule has 8 nitrogen and oxygen atoms in total. The summed E-state index contributed by atoms with van der Waals surface area (Å²) in [6.07, 6.45) is 1.72. The number of hydrogen-bond donors (Lipinski definition) is 5. The number of aliphatic hydroxyl groups is 1. The molecule has 178 valence electrons. The van der Waals surface area contributed by atoms with Crippen LogP contribution in [0.3, 0.4) is 0 Å². The number of nitrogens with zero attached hydrogens (tertiary/aromatic N) is 1. The normalized spacial score (nSPS) is 10.6. The molecule has 0 unspecified atom stereocenters. The number of carbonyl (C=O) groups excluding carboxylic acids is 2. The first kappa shape index (κ1) is 23.7. The molecule has 8 heteroatoms. The summed E-state index contributed by atoms with van der Waals surface area (Å²) >= 11 is 0. The lowest BCUT2D eigenvalue weighted by Gasteiger charge is -2.15. The Kier molecular flexibility index (Phi) is 7.23. The third-order valence-electron chi connectivity index (χ3n) is 5.56. The molecule has 1 aromatic heterocycles. The maximum atomic E-state index is 12.1. The van der Waals surface area contributed by atoms with Gasteiger partial charge < -0.3 is 21.1 Å². The van der Waals surface area contributed by atoms with Gasteiger partial charge in [0.1, 0.15) is 5.82 Å². The van der Waals surface area contributed by atoms with E-state index in [1.165, 1.54) is 0 Å². The fraction of sp³-hybridized carbons (Fsp3) is 0.148. The molecule has 0 saturated carbocycles. The second-order valence-corrected chi connectivity index (χ2v) is 7.90. The Morgan fingerprint density at radius 3 is 2.49 bits per heavy atom. The molecule has 4 aromatic rings. The van der Waals surface area contributed by atoms with Crippen molar-refractivity contribution in [1.29, 1.82) is 0 Å². The van der Waals surface area contributed by atoms with E-state index in [4.69, 9.17) is 0 Å². The van der Waals surface area contributed by atoms with Crippen LogP contribution in [0.25, 0.3) is 21.9 Å². The molecule has 0 aliphatic carbocycles. The van der Waals surface area contributed by atoms with E-state index < -0.39 is 0 Å². The van der Waals surface area contributed by atoms with Gasteiger partial charge in [0.25, 0.3) is 5.91 Å². The van der Waals surface area contributed by atoms with E-state index in [0.717, 1.165) is 38.8 Å². The molecule has 0 aliphatic rings. The number of aliphatic hydroxyl groups excluding tert-OH is 1. The monoisotopic (exact) mass is 469 g/mol. The lowest BCUT2D eigenvalue weighted by atomic mass is 9.97. The molecule has 0 bridgehead atoms. The van der Waals surface area contributed by atoms with Crippen molar-refractivity contribution in [3.05, 3.63) is 84.1 Å². The second-order valence-electron chi connectivity index (χ2n) is 7.90. The zero-order chi connectivity index (χ0) is 24.8. The minimum Gasteiger partial charge on any atom is -0.392 e. The van der Waals surface area contributed by atoms with Gasteiger partial charge in [-0.15, -0.1) is 0 Å². The topological polar surface area (TPSA) is 115 Å². The molecular weight excluding hydrogens is 442 g/mol. The first-order valence-corrected chi connectivity index (χ1v) is 11.3. The van der Waals surface area contributed by atoms with Gasteiger partial charge in [-0.1, -0.05) is 36.4 Å². The quantitative estimate of drug-likeness (QED) is 0.271. The highest BCUT2D eigenvalue weighted by Crippen LogP contribution is 2.35. The number of benzene rings is 3. The average Bonchev–Trinajstić information content (AvgIpc) is 2.88. The minimum atomic E-state index is -0.325. The molecule has 0 saturated heterocycles. The number of amides is 3. The highest BCUT2D eigenvalue weighted by molar-refractivity contribution is 6.06. The Labute approximate surface area is 203 Å². The van der Waals surface area contributed by atoms with Crippen molar-refractivity contribution in [1.82, 2.24) is 15.6 Å². The molecule has 3 amide bonds. The van der Waals surface area contributed by atoms with E-state index in [2.05, 4.69) is 26.3 Å². The summed E-state index contributed by atoms with van der Waals surface area (Å²) in [5.41, 5.74) is 4.87. The summed E-state index contributed by atoms with van der Waals surface area (Å²) in [5.74, 6) is 0.262. The maximum Gasteiger partial charge on any atom is 0.320 e. The van der Waals surface area contributed by atoms with Gasteiger partial charge in [0.2, 0.25) is 0 Å². The van der Waals surface area contributed by atoms with Gasteiger partial charge in [-0.05, 0) is 59.3 Å². The highest BCUT2D eigenvalue weighted by atomic mass is 16.3. The van der Waals surface area contributed by atoms with Crippen molar-refractivity contribution in [3.8, 4) is 11.1 Å². The molecule has 3 aromatic carbocycles. The fourth-order valence-corrected chi connectivity index (χ4v) is 3.82. The summed E-state index contributed by atoms with van der Waals surface area (Å²) in [6.45, 7) is 2.33. The number of fused-ring (bicyclic) bond motifs is 1. The average molecular weight is 470 g/mol. The Bertz CT molecular complexity index is 1370. The molecular formula is C27H27N5O3. The number of hydrogen-bond acceptors (Lipinski definition) is 5. The number of pyridine rings is 1. The van der Waals surface area contributed by atoms with Crippen LogP contribution >= 0.6 is 0 Å². The predicted octanol–water partition coefficient (Wildman–Crippen LogP) is 4.64. The van der Waals surface area contributed by atoms with E-state index in [9.17, 15) is 14.7 Å². The van der Waals surface area contributed by atoms with Gasteiger partial charge >= 0.3 is 6.03 Å². The van der Waals surface area contributed by atoms with Crippen molar-refractivity contribution < 1.29 is 14.7 Å². The standard InChI is InChI=1S/C27H27N5O3/c1-3-29-27(35)32-25-14-22-21(18-9-7-17(16-33)8-10-18)11-12-24(23(22)15-30-25)31-20-6-4-5-19(13-20)26(34)28-2/h4-15,31,33H,3,16H2,1-2H3,(H,28,34)(H2,29,30,32,35). The minimum absolute atomic E-state index is 0.0243. The Morgan fingerprint density at radius 1 is 0.971 bits per heavy atom. The molecule has 4 rings (SSSR count). The van der Waals surface area contributed by atoms with Gasteiger partial charge in [-0.25, -0.2) is 9.78 Å². The molecule has 35 heavy (non-hydrogen) atoms. The zero-order valence-electron chi connectivity index (χ0n) is 19.6. The molecule has 5 N–H and O–H groups in total. The highest BCUT2D eigenvalue weighted by Gasteiger charge is 2.12. The Balaban J connectivity index is 1.79. The van der Waals surface area contributed by atoms with Crippen LogP contribution in [0.15, 0.2) is 72.9 Å². The Morgan fingerprint density at radius 2 is 1.77 bits per heavy atom. The van der Waals surface area contributed by atoms with Crippen molar-refractivity contribution in [2.75, 3.05) is 24.2 Å². The van der Waals surface area contributed by atoms with Gasteiger partial charge in [0.15, 0.2) is 0 Å². The Hall–Kier alpha value is -4.43. The van der Waals surface area contributed by atoms with Crippen molar-refractivity contribution >= 4 is 39.9 Å². The van der Waals surface area contributed by atoms with Crippen LogP contribution in [0.4, 0.5) is 22.0 Å². The van der Waals surface area contributed by atoms with Crippen LogP contribution < -0.4 is 21.3 Å². The number of rotatable bonds is 7. The fourth-order valence-electron chi connectivity index (χ4n) is 3.82. The zero-order valence-corrected chi connectivity index (χ0v) is 19.6. The molecule has 1 heterocycles. The van der Waals surface area contributed by atoms with E-state index in [-0.39, 0.29) is 18.5 Å². The van der Waals surface area contributed by atoms with Crippen LogP contribution in [0, 0.1) is 0 Å². The molecule has 0 aliphatic heterocycles. The predicted molar refractivity (Wildman–Crippen MR) is 139 cm³/mol. The smallest absolute Gasteiger partial charge is 0.320 e. The summed E-state index contributed by atoms with van der Waals surface area (Å²) in [7, 11) is 1.60. The van der Waals surface area contributed by atoms with Crippen molar-refractivity contribution in [3.63, 3.8) is 0 Å². The van der Waals surface area contributed by atoms with E-state index in [0.29, 0.717) is 17.9 Å². The van der Waals surface area contributed by atoms with E-state index in [1.807, 2.05) is 61.5 Å².